The number of aromatic amines is 1. The van der Waals surface area contributed by atoms with Crippen LogP contribution in [0.3, 0.4) is 0 Å². The van der Waals surface area contributed by atoms with Crippen LogP contribution in [0, 0.1) is 0 Å². The van der Waals surface area contributed by atoms with Crippen LogP contribution in [-0.4, -0.2) is 21.8 Å². The van der Waals surface area contributed by atoms with E-state index < -0.39 is 0 Å². The molecule has 0 aliphatic heterocycles. The average Bonchev–Trinajstić information content (AvgIpc) is 2.67. The molecular weight excluding hydrogens is 206 g/mol. The summed E-state index contributed by atoms with van der Waals surface area (Å²) in [5.74, 6) is 1.57. The van der Waals surface area contributed by atoms with E-state index in [2.05, 4.69) is 20.5 Å². The Bertz CT molecular complexity index is 450. The largest absolute Gasteiger partial charge is 0.494 e. The lowest BCUT2D eigenvalue weighted by Crippen LogP contribution is -1.94. The van der Waals surface area contributed by atoms with Crippen LogP contribution in [-0.2, 0) is 0 Å². The maximum atomic E-state index is 5.41. The van der Waals surface area contributed by atoms with Gasteiger partial charge in [0.2, 0.25) is 11.9 Å². The minimum Gasteiger partial charge on any atom is -0.494 e. The fourth-order valence-corrected chi connectivity index (χ4v) is 1.26. The van der Waals surface area contributed by atoms with Gasteiger partial charge in [-0.1, -0.05) is 0 Å². The fourth-order valence-electron chi connectivity index (χ4n) is 1.26. The van der Waals surface area contributed by atoms with Crippen LogP contribution < -0.4 is 15.8 Å². The van der Waals surface area contributed by atoms with Gasteiger partial charge in [0.25, 0.3) is 0 Å². The van der Waals surface area contributed by atoms with Crippen molar-refractivity contribution in [3.05, 3.63) is 24.3 Å². The Morgan fingerprint density at radius 1 is 1.38 bits per heavy atom. The molecule has 84 valence electrons. The molecule has 0 saturated heterocycles. The number of ether oxygens (including phenoxy) is 1. The summed E-state index contributed by atoms with van der Waals surface area (Å²) in [6.07, 6.45) is 0. The Morgan fingerprint density at radius 2 is 2.12 bits per heavy atom. The van der Waals surface area contributed by atoms with E-state index in [1.54, 1.807) is 0 Å². The SMILES string of the molecule is CCOc1ccc(Nc2n[nH]c(N)n2)cc1. The van der Waals surface area contributed by atoms with E-state index in [-0.39, 0.29) is 5.95 Å². The lowest BCUT2D eigenvalue weighted by molar-refractivity contribution is 0.340. The van der Waals surface area contributed by atoms with Gasteiger partial charge in [-0.2, -0.15) is 4.98 Å². The zero-order valence-corrected chi connectivity index (χ0v) is 8.90. The maximum absolute atomic E-state index is 5.41. The van der Waals surface area contributed by atoms with Crippen LogP contribution in [0.25, 0.3) is 0 Å². The van der Waals surface area contributed by atoms with Gasteiger partial charge in [0, 0.05) is 5.69 Å². The van der Waals surface area contributed by atoms with E-state index in [4.69, 9.17) is 10.5 Å². The molecule has 0 aliphatic rings. The number of anilines is 3. The Labute approximate surface area is 92.8 Å². The monoisotopic (exact) mass is 219 g/mol. The average molecular weight is 219 g/mol. The van der Waals surface area contributed by atoms with Crippen molar-refractivity contribution in [1.82, 2.24) is 15.2 Å². The van der Waals surface area contributed by atoms with E-state index in [0.29, 0.717) is 12.6 Å². The van der Waals surface area contributed by atoms with E-state index in [9.17, 15) is 0 Å². The maximum Gasteiger partial charge on any atom is 0.248 e. The first kappa shape index (κ1) is 10.3. The molecule has 16 heavy (non-hydrogen) atoms. The number of hydrogen-bond acceptors (Lipinski definition) is 5. The summed E-state index contributed by atoms with van der Waals surface area (Å²) in [5.41, 5.74) is 6.28. The Balaban J connectivity index is 2.05. The van der Waals surface area contributed by atoms with Gasteiger partial charge in [-0.25, -0.2) is 5.10 Å². The zero-order valence-electron chi connectivity index (χ0n) is 8.90. The van der Waals surface area contributed by atoms with Crippen LogP contribution in [0.2, 0.25) is 0 Å². The normalized spacial score (nSPS) is 10.1. The predicted octanol–water partition coefficient (Wildman–Crippen LogP) is 1.53. The molecule has 0 bridgehead atoms. The van der Waals surface area contributed by atoms with Gasteiger partial charge in [0.1, 0.15) is 5.75 Å². The number of hydrogen-bond donors (Lipinski definition) is 3. The standard InChI is InChI=1S/C10H13N5O/c1-2-16-8-5-3-7(4-6-8)12-10-13-9(11)14-15-10/h3-6H,2H2,1H3,(H4,11,12,13,14,15). The van der Waals surface area contributed by atoms with Gasteiger partial charge in [-0.3, -0.25) is 0 Å². The van der Waals surface area contributed by atoms with Crippen molar-refractivity contribution in [2.45, 2.75) is 6.92 Å². The van der Waals surface area contributed by atoms with Crippen LogP contribution in [0.15, 0.2) is 24.3 Å². The lowest BCUT2D eigenvalue weighted by Gasteiger charge is -2.04. The first-order chi connectivity index (χ1) is 7.78. The van der Waals surface area contributed by atoms with Gasteiger partial charge in [0.05, 0.1) is 6.61 Å². The third-order valence-electron chi connectivity index (χ3n) is 1.92. The molecular formula is C10H13N5O. The van der Waals surface area contributed by atoms with E-state index >= 15 is 0 Å². The molecule has 0 aliphatic carbocycles. The van der Waals surface area contributed by atoms with Crippen molar-refractivity contribution in [3.63, 3.8) is 0 Å². The van der Waals surface area contributed by atoms with E-state index in [1.165, 1.54) is 0 Å². The molecule has 4 N–H and O–H groups in total. The second-order valence-electron chi connectivity index (χ2n) is 3.13. The van der Waals surface area contributed by atoms with Gasteiger partial charge >= 0.3 is 0 Å². The van der Waals surface area contributed by atoms with Crippen molar-refractivity contribution in [1.29, 1.82) is 0 Å². The Hall–Kier alpha value is -2.24. The summed E-state index contributed by atoms with van der Waals surface area (Å²) >= 11 is 0. The third kappa shape index (κ3) is 2.41. The van der Waals surface area contributed by atoms with Gasteiger partial charge in [0.15, 0.2) is 0 Å². The molecule has 0 atom stereocenters. The summed E-state index contributed by atoms with van der Waals surface area (Å²) in [4.78, 5) is 3.93. The molecule has 0 fully saturated rings. The lowest BCUT2D eigenvalue weighted by atomic mass is 10.3. The second-order valence-corrected chi connectivity index (χ2v) is 3.13. The van der Waals surface area contributed by atoms with Crippen molar-refractivity contribution in [2.75, 3.05) is 17.7 Å². The zero-order chi connectivity index (χ0) is 11.4. The molecule has 1 aromatic carbocycles. The van der Waals surface area contributed by atoms with E-state index in [1.807, 2.05) is 31.2 Å². The molecule has 2 aromatic rings. The minimum atomic E-state index is 0.286. The molecule has 6 heteroatoms. The quantitative estimate of drug-likeness (QED) is 0.725. The smallest absolute Gasteiger partial charge is 0.248 e. The van der Waals surface area contributed by atoms with Crippen LogP contribution in [0.4, 0.5) is 17.6 Å². The number of benzene rings is 1. The highest BCUT2D eigenvalue weighted by Crippen LogP contribution is 2.18. The summed E-state index contributed by atoms with van der Waals surface area (Å²) in [5, 5.41) is 9.42. The molecule has 1 heterocycles. The van der Waals surface area contributed by atoms with Crippen molar-refractivity contribution in [2.24, 2.45) is 0 Å². The molecule has 0 saturated carbocycles. The van der Waals surface area contributed by atoms with Gasteiger partial charge in [-0.05, 0) is 31.2 Å². The van der Waals surface area contributed by atoms with E-state index in [0.717, 1.165) is 11.4 Å². The first-order valence-corrected chi connectivity index (χ1v) is 4.95. The number of rotatable bonds is 4. The molecule has 1 aromatic heterocycles. The van der Waals surface area contributed by atoms with Crippen LogP contribution in [0.1, 0.15) is 6.92 Å². The van der Waals surface area contributed by atoms with Crippen LogP contribution in [0.5, 0.6) is 5.75 Å². The number of nitrogens with zero attached hydrogens (tertiary/aromatic N) is 2. The number of nitrogens with two attached hydrogens (primary N) is 1. The number of H-pyrrole nitrogens is 1. The Morgan fingerprint density at radius 3 is 2.69 bits per heavy atom. The second kappa shape index (κ2) is 4.52. The molecule has 0 radical (unpaired) electrons. The summed E-state index contributed by atoms with van der Waals surface area (Å²) in [7, 11) is 0. The highest BCUT2D eigenvalue weighted by molar-refractivity contribution is 5.54. The van der Waals surface area contributed by atoms with Crippen molar-refractivity contribution < 1.29 is 4.74 Å². The highest BCUT2D eigenvalue weighted by Gasteiger charge is 2.00. The van der Waals surface area contributed by atoms with Crippen LogP contribution >= 0.6 is 0 Å². The third-order valence-corrected chi connectivity index (χ3v) is 1.92. The predicted molar refractivity (Wildman–Crippen MR) is 61.7 cm³/mol. The topological polar surface area (TPSA) is 88.8 Å². The Kier molecular flexibility index (Phi) is 2.90. The first-order valence-electron chi connectivity index (χ1n) is 4.95. The summed E-state index contributed by atoms with van der Waals surface area (Å²) in [6.45, 7) is 2.60. The summed E-state index contributed by atoms with van der Waals surface area (Å²) < 4.78 is 5.33. The van der Waals surface area contributed by atoms with Crippen molar-refractivity contribution >= 4 is 17.6 Å². The number of nitrogen functional groups attached to an aromatic ring is 1. The highest BCUT2D eigenvalue weighted by atomic mass is 16.5. The number of nitrogens with one attached hydrogen (secondary N) is 2. The van der Waals surface area contributed by atoms with Gasteiger partial charge in [-0.15, -0.1) is 5.10 Å². The molecule has 0 unspecified atom stereocenters. The van der Waals surface area contributed by atoms with Crippen molar-refractivity contribution in [3.8, 4) is 5.75 Å². The number of aromatic nitrogens is 3. The molecule has 6 nitrogen and oxygen atoms in total. The molecule has 2 rings (SSSR count). The fraction of sp³-hybridized carbons (Fsp3) is 0.200. The minimum absolute atomic E-state index is 0.286. The molecule has 0 spiro atoms. The van der Waals surface area contributed by atoms with Gasteiger partial charge < -0.3 is 15.8 Å². The summed E-state index contributed by atoms with van der Waals surface area (Å²) in [6, 6.07) is 7.53. The molecule has 0 amide bonds.